The zero-order chi connectivity index (χ0) is 11.4. The minimum absolute atomic E-state index is 0.0302. The lowest BCUT2D eigenvalue weighted by atomic mass is 10.1. The van der Waals surface area contributed by atoms with Gasteiger partial charge in [0.1, 0.15) is 5.69 Å². The lowest BCUT2D eigenvalue weighted by Crippen LogP contribution is -2.08. The third-order valence-corrected chi connectivity index (χ3v) is 1.89. The highest BCUT2D eigenvalue weighted by Crippen LogP contribution is 2.28. The van der Waals surface area contributed by atoms with E-state index in [1.54, 1.807) is 0 Å². The number of pyridine rings is 1. The molecule has 0 bridgehead atoms. The first-order valence-corrected chi connectivity index (χ1v) is 4.15. The maximum absolute atomic E-state index is 12.6. The maximum atomic E-state index is 12.6. The van der Waals surface area contributed by atoms with Crippen LogP contribution in [0.1, 0.15) is 28.0 Å². The van der Waals surface area contributed by atoms with E-state index in [-0.39, 0.29) is 29.2 Å². The Morgan fingerprint density at radius 1 is 1.67 bits per heavy atom. The fraction of sp³-hybridized carbons (Fsp3) is 0.333. The highest BCUT2D eigenvalue weighted by molar-refractivity contribution is 5.73. The third-order valence-electron chi connectivity index (χ3n) is 1.89. The number of nitrogens with two attached hydrogens (primary N) is 1. The monoisotopic (exact) mass is 216 g/mol. The molecule has 2 N–H and O–H groups in total. The van der Waals surface area contributed by atoms with Crippen molar-refractivity contribution in [3.8, 4) is 5.88 Å². The van der Waals surface area contributed by atoms with Gasteiger partial charge in [-0.25, -0.2) is 13.8 Å². The van der Waals surface area contributed by atoms with E-state index >= 15 is 0 Å². The van der Waals surface area contributed by atoms with Crippen LogP contribution in [0.15, 0.2) is 6.07 Å². The van der Waals surface area contributed by atoms with Crippen LogP contribution in [0, 0.1) is 0 Å². The van der Waals surface area contributed by atoms with Crippen molar-refractivity contribution in [3.05, 3.63) is 22.9 Å². The first-order chi connectivity index (χ1) is 7.13. The Kier molecular flexibility index (Phi) is 3.68. The molecular formula is C9H10F2N2O2. The fourth-order valence-corrected chi connectivity index (χ4v) is 1.22. The Bertz CT molecular complexity index is 369. The number of aromatic nitrogens is 1. The van der Waals surface area contributed by atoms with Crippen LogP contribution in [-0.4, -0.2) is 18.4 Å². The van der Waals surface area contributed by atoms with Gasteiger partial charge in [0.2, 0.25) is 5.88 Å². The highest BCUT2D eigenvalue weighted by Gasteiger charge is 2.18. The standard InChI is InChI=1S/C9H10F2N2O2/c1-15-9-7(3-12)6(8(10)11)2-5(4-14)13-9/h2,4,8H,3,12H2,1H3. The summed E-state index contributed by atoms with van der Waals surface area (Å²) >= 11 is 0. The van der Waals surface area contributed by atoms with E-state index in [0.717, 1.165) is 6.07 Å². The molecule has 0 amide bonds. The van der Waals surface area contributed by atoms with Crippen molar-refractivity contribution in [2.45, 2.75) is 13.0 Å². The van der Waals surface area contributed by atoms with Crippen molar-refractivity contribution in [3.63, 3.8) is 0 Å². The van der Waals surface area contributed by atoms with Crippen molar-refractivity contribution in [2.75, 3.05) is 7.11 Å². The Labute approximate surface area is 85.1 Å². The van der Waals surface area contributed by atoms with Gasteiger partial charge in [0.05, 0.1) is 7.11 Å². The molecule has 0 unspecified atom stereocenters. The highest BCUT2D eigenvalue weighted by atomic mass is 19.3. The molecule has 0 aliphatic heterocycles. The van der Waals surface area contributed by atoms with Crippen LogP contribution in [0.3, 0.4) is 0 Å². The second-order valence-corrected chi connectivity index (χ2v) is 2.75. The molecule has 82 valence electrons. The molecule has 6 heteroatoms. The molecule has 0 saturated carbocycles. The van der Waals surface area contributed by atoms with Crippen molar-refractivity contribution >= 4 is 6.29 Å². The van der Waals surface area contributed by atoms with Gasteiger partial charge in [-0.3, -0.25) is 4.79 Å². The Morgan fingerprint density at radius 2 is 2.33 bits per heavy atom. The number of hydrogen-bond acceptors (Lipinski definition) is 4. The SMILES string of the molecule is COc1nc(C=O)cc(C(F)F)c1CN. The van der Waals surface area contributed by atoms with Crippen LogP contribution in [-0.2, 0) is 6.54 Å². The summed E-state index contributed by atoms with van der Waals surface area (Å²) in [5.41, 5.74) is 5.03. The van der Waals surface area contributed by atoms with E-state index in [0.29, 0.717) is 6.29 Å². The van der Waals surface area contributed by atoms with Crippen molar-refractivity contribution in [1.82, 2.24) is 4.98 Å². The van der Waals surface area contributed by atoms with E-state index in [1.165, 1.54) is 7.11 Å². The molecule has 0 aliphatic carbocycles. The fourth-order valence-electron chi connectivity index (χ4n) is 1.22. The quantitative estimate of drug-likeness (QED) is 0.770. The number of halogens is 2. The molecule has 0 aliphatic rings. The predicted octanol–water partition coefficient (Wildman–Crippen LogP) is 1.30. The number of methoxy groups -OCH3 is 1. The number of hydrogen-bond donors (Lipinski definition) is 1. The number of rotatable bonds is 4. The molecule has 1 heterocycles. The van der Waals surface area contributed by atoms with E-state index in [9.17, 15) is 13.6 Å². The molecule has 4 nitrogen and oxygen atoms in total. The van der Waals surface area contributed by atoms with Crippen LogP contribution >= 0.6 is 0 Å². The van der Waals surface area contributed by atoms with Gasteiger partial charge in [0.15, 0.2) is 6.29 Å². The lowest BCUT2D eigenvalue weighted by molar-refractivity contribution is 0.111. The molecule has 1 rings (SSSR count). The molecule has 1 aromatic heterocycles. The molecule has 0 radical (unpaired) electrons. The summed E-state index contributed by atoms with van der Waals surface area (Å²) in [6.45, 7) is -0.116. The van der Waals surface area contributed by atoms with Gasteiger partial charge in [0.25, 0.3) is 6.43 Å². The minimum Gasteiger partial charge on any atom is -0.481 e. The van der Waals surface area contributed by atoms with Gasteiger partial charge < -0.3 is 10.5 Å². The zero-order valence-electron chi connectivity index (χ0n) is 8.04. The average Bonchev–Trinajstić information content (AvgIpc) is 2.26. The maximum Gasteiger partial charge on any atom is 0.264 e. The number of nitrogens with zero attached hydrogens (tertiary/aromatic N) is 1. The van der Waals surface area contributed by atoms with Crippen molar-refractivity contribution < 1.29 is 18.3 Å². The summed E-state index contributed by atoms with van der Waals surface area (Å²) in [4.78, 5) is 14.2. The molecule has 15 heavy (non-hydrogen) atoms. The number of alkyl halides is 2. The molecule has 1 aromatic rings. The number of ether oxygens (including phenoxy) is 1. The number of carbonyl (C=O) groups excluding carboxylic acids is 1. The van der Waals surface area contributed by atoms with Gasteiger partial charge in [-0.2, -0.15) is 0 Å². The van der Waals surface area contributed by atoms with Crippen molar-refractivity contribution in [2.24, 2.45) is 5.73 Å². The normalized spacial score (nSPS) is 10.5. The largest absolute Gasteiger partial charge is 0.481 e. The van der Waals surface area contributed by atoms with Crippen LogP contribution < -0.4 is 10.5 Å². The van der Waals surface area contributed by atoms with E-state index in [2.05, 4.69) is 4.98 Å². The minimum atomic E-state index is -2.71. The molecule has 0 saturated heterocycles. The topological polar surface area (TPSA) is 65.2 Å². The van der Waals surface area contributed by atoms with Crippen LogP contribution in [0.5, 0.6) is 5.88 Å². The second-order valence-electron chi connectivity index (χ2n) is 2.75. The summed E-state index contributed by atoms with van der Waals surface area (Å²) in [6.07, 6.45) is -2.33. The van der Waals surface area contributed by atoms with E-state index in [4.69, 9.17) is 10.5 Å². The van der Waals surface area contributed by atoms with E-state index < -0.39 is 6.43 Å². The van der Waals surface area contributed by atoms with Crippen molar-refractivity contribution in [1.29, 1.82) is 0 Å². The van der Waals surface area contributed by atoms with Gasteiger partial charge in [0, 0.05) is 17.7 Å². The van der Waals surface area contributed by atoms with Crippen LogP contribution in [0.25, 0.3) is 0 Å². The first-order valence-electron chi connectivity index (χ1n) is 4.15. The first kappa shape index (κ1) is 11.5. The van der Waals surface area contributed by atoms with Gasteiger partial charge in [-0.15, -0.1) is 0 Å². The predicted molar refractivity (Wildman–Crippen MR) is 49.0 cm³/mol. The summed E-state index contributed by atoms with van der Waals surface area (Å²) in [7, 11) is 1.28. The summed E-state index contributed by atoms with van der Waals surface area (Å²) in [5, 5.41) is 0. The zero-order valence-corrected chi connectivity index (χ0v) is 8.04. The van der Waals surface area contributed by atoms with Gasteiger partial charge >= 0.3 is 0 Å². The molecule has 0 fully saturated rings. The molecule has 0 spiro atoms. The third kappa shape index (κ3) is 2.27. The van der Waals surface area contributed by atoms with E-state index in [1.807, 2.05) is 0 Å². The summed E-state index contributed by atoms with van der Waals surface area (Å²) < 4.78 is 30.0. The Balaban J connectivity index is 3.38. The molecule has 0 atom stereocenters. The van der Waals surface area contributed by atoms with Gasteiger partial charge in [-0.05, 0) is 6.07 Å². The summed E-state index contributed by atoms with van der Waals surface area (Å²) in [5.74, 6) is -0.0302. The Hall–Kier alpha value is -1.56. The van der Waals surface area contributed by atoms with Crippen LogP contribution in [0.4, 0.5) is 8.78 Å². The number of aldehydes is 1. The summed E-state index contributed by atoms with van der Waals surface area (Å²) in [6, 6.07) is 1.02. The molecular weight excluding hydrogens is 206 g/mol. The van der Waals surface area contributed by atoms with Crippen LogP contribution in [0.2, 0.25) is 0 Å². The number of carbonyl (C=O) groups is 1. The Morgan fingerprint density at radius 3 is 2.73 bits per heavy atom. The smallest absolute Gasteiger partial charge is 0.264 e. The molecule has 0 aromatic carbocycles. The van der Waals surface area contributed by atoms with Gasteiger partial charge in [-0.1, -0.05) is 0 Å². The lowest BCUT2D eigenvalue weighted by Gasteiger charge is -2.11. The average molecular weight is 216 g/mol. The second kappa shape index (κ2) is 4.79.